The highest BCUT2D eigenvalue weighted by Crippen LogP contribution is 2.40. The van der Waals surface area contributed by atoms with Crippen LogP contribution in [0.2, 0.25) is 0 Å². The average Bonchev–Trinajstić information content (AvgIpc) is 2.85. The molecule has 0 bridgehead atoms. The van der Waals surface area contributed by atoms with Crippen molar-refractivity contribution >= 4 is 12.0 Å². The Bertz CT molecular complexity index is 367. The molecule has 0 heterocycles. The summed E-state index contributed by atoms with van der Waals surface area (Å²) < 4.78 is 0. The first-order valence-electron chi connectivity index (χ1n) is 6.73. The monoisotopic (exact) mass is 266 g/mol. The van der Waals surface area contributed by atoms with Crippen LogP contribution in [0.1, 0.15) is 45.4 Å². The summed E-state index contributed by atoms with van der Waals surface area (Å²) in [7, 11) is 0. The van der Waals surface area contributed by atoms with E-state index >= 15 is 0 Å². The normalized spacial score (nSPS) is 18.3. The van der Waals surface area contributed by atoms with Crippen molar-refractivity contribution in [3.8, 4) is 12.3 Å². The van der Waals surface area contributed by atoms with Gasteiger partial charge in [0.2, 0.25) is 0 Å². The van der Waals surface area contributed by atoms with E-state index < -0.39 is 18.0 Å². The van der Waals surface area contributed by atoms with Crippen LogP contribution in [0, 0.1) is 17.8 Å². The second-order valence-electron chi connectivity index (χ2n) is 5.19. The summed E-state index contributed by atoms with van der Waals surface area (Å²) in [5.41, 5.74) is 0.183. The van der Waals surface area contributed by atoms with Crippen molar-refractivity contribution in [2.45, 2.75) is 51.5 Å². The maximum absolute atomic E-state index is 11.7. The molecule has 19 heavy (non-hydrogen) atoms. The Morgan fingerprint density at radius 3 is 2.53 bits per heavy atom. The van der Waals surface area contributed by atoms with Crippen LogP contribution < -0.4 is 10.6 Å². The van der Waals surface area contributed by atoms with Crippen LogP contribution in [-0.4, -0.2) is 29.7 Å². The van der Waals surface area contributed by atoms with Gasteiger partial charge in [-0.25, -0.2) is 9.59 Å². The van der Waals surface area contributed by atoms with Crippen molar-refractivity contribution in [3.63, 3.8) is 0 Å². The standard InChI is InChI=1S/C14H22N2O3/c1-3-7-11(12(17)18)16-13(19)15-10-14(4-2)8-5-6-9-14/h1,11H,4-10H2,2H3,(H,17,18)(H2,15,16,19). The number of urea groups is 1. The molecule has 0 aliphatic heterocycles. The molecule has 1 aliphatic rings. The van der Waals surface area contributed by atoms with Gasteiger partial charge in [0, 0.05) is 13.0 Å². The van der Waals surface area contributed by atoms with Crippen LogP contribution >= 0.6 is 0 Å². The van der Waals surface area contributed by atoms with Crippen molar-refractivity contribution in [2.24, 2.45) is 5.41 Å². The molecule has 1 aliphatic carbocycles. The zero-order valence-electron chi connectivity index (χ0n) is 11.4. The van der Waals surface area contributed by atoms with Crippen LogP contribution in [0.4, 0.5) is 4.79 Å². The Morgan fingerprint density at radius 2 is 2.05 bits per heavy atom. The number of carbonyl (C=O) groups excluding carboxylic acids is 1. The number of hydrogen-bond acceptors (Lipinski definition) is 2. The molecule has 2 amide bonds. The van der Waals surface area contributed by atoms with Crippen molar-refractivity contribution in [3.05, 3.63) is 0 Å². The lowest BCUT2D eigenvalue weighted by Gasteiger charge is -2.28. The van der Waals surface area contributed by atoms with Crippen molar-refractivity contribution in [1.29, 1.82) is 0 Å². The first kappa shape index (κ1) is 15.4. The number of terminal acetylenes is 1. The Labute approximate surface area is 114 Å². The lowest BCUT2D eigenvalue weighted by molar-refractivity contribution is -0.139. The lowest BCUT2D eigenvalue weighted by atomic mass is 9.83. The second-order valence-corrected chi connectivity index (χ2v) is 5.19. The summed E-state index contributed by atoms with van der Waals surface area (Å²) in [5, 5.41) is 14.1. The van der Waals surface area contributed by atoms with Gasteiger partial charge in [0.1, 0.15) is 6.04 Å². The summed E-state index contributed by atoms with van der Waals surface area (Å²) in [5.74, 6) is 1.14. The molecule has 1 atom stereocenters. The zero-order chi connectivity index (χ0) is 14.3. The Hall–Kier alpha value is -1.70. The number of carboxylic acid groups (broad SMARTS) is 1. The van der Waals surface area contributed by atoms with E-state index in [9.17, 15) is 9.59 Å². The molecule has 0 aromatic heterocycles. The predicted molar refractivity (Wildman–Crippen MR) is 72.6 cm³/mol. The van der Waals surface area contributed by atoms with Gasteiger partial charge < -0.3 is 15.7 Å². The van der Waals surface area contributed by atoms with Crippen LogP contribution in [0.15, 0.2) is 0 Å². The summed E-state index contributed by atoms with van der Waals surface area (Å²) in [6, 6.07) is -1.48. The maximum atomic E-state index is 11.7. The van der Waals surface area contributed by atoms with Crippen LogP contribution in [0.5, 0.6) is 0 Å². The van der Waals surface area contributed by atoms with Gasteiger partial charge >= 0.3 is 12.0 Å². The first-order valence-corrected chi connectivity index (χ1v) is 6.73. The van der Waals surface area contributed by atoms with Crippen LogP contribution in [-0.2, 0) is 4.79 Å². The molecule has 0 radical (unpaired) electrons. The second kappa shape index (κ2) is 7.03. The Morgan fingerprint density at radius 1 is 1.42 bits per heavy atom. The molecule has 106 valence electrons. The average molecular weight is 266 g/mol. The van der Waals surface area contributed by atoms with Gasteiger partial charge in [0.25, 0.3) is 0 Å². The van der Waals surface area contributed by atoms with E-state index in [1.165, 1.54) is 12.8 Å². The molecule has 5 heteroatoms. The highest BCUT2D eigenvalue weighted by Gasteiger charge is 2.32. The molecule has 0 aromatic rings. The van der Waals surface area contributed by atoms with Gasteiger partial charge in [-0.15, -0.1) is 12.3 Å². The van der Waals surface area contributed by atoms with E-state index in [1.54, 1.807) is 0 Å². The Balaban J connectivity index is 2.42. The van der Waals surface area contributed by atoms with Gasteiger partial charge in [-0.2, -0.15) is 0 Å². The molecular weight excluding hydrogens is 244 g/mol. The highest BCUT2D eigenvalue weighted by molar-refractivity contribution is 5.82. The largest absolute Gasteiger partial charge is 0.480 e. The molecule has 1 fully saturated rings. The summed E-state index contributed by atoms with van der Waals surface area (Å²) in [6.07, 6.45) is 10.7. The lowest BCUT2D eigenvalue weighted by Crippen LogP contribution is -2.48. The van der Waals surface area contributed by atoms with E-state index in [2.05, 4.69) is 23.5 Å². The minimum absolute atomic E-state index is 0.0122. The number of amides is 2. The van der Waals surface area contributed by atoms with Gasteiger partial charge in [0.05, 0.1) is 0 Å². The number of carbonyl (C=O) groups is 2. The molecule has 0 saturated heterocycles. The molecule has 0 spiro atoms. The maximum Gasteiger partial charge on any atom is 0.327 e. The van der Waals surface area contributed by atoms with E-state index in [4.69, 9.17) is 11.5 Å². The fraction of sp³-hybridized carbons (Fsp3) is 0.714. The van der Waals surface area contributed by atoms with Crippen LogP contribution in [0.3, 0.4) is 0 Å². The number of carboxylic acids is 1. The van der Waals surface area contributed by atoms with Gasteiger partial charge in [-0.1, -0.05) is 19.8 Å². The topological polar surface area (TPSA) is 78.4 Å². The minimum Gasteiger partial charge on any atom is -0.480 e. The molecule has 0 aromatic carbocycles. The summed E-state index contributed by atoms with van der Waals surface area (Å²) in [6.45, 7) is 2.72. The summed E-state index contributed by atoms with van der Waals surface area (Å²) in [4.78, 5) is 22.6. The Kier molecular flexibility index (Phi) is 5.68. The molecular formula is C14H22N2O3. The van der Waals surface area contributed by atoms with E-state index in [0.29, 0.717) is 6.54 Å². The van der Waals surface area contributed by atoms with E-state index in [0.717, 1.165) is 19.3 Å². The quantitative estimate of drug-likeness (QED) is 0.641. The molecule has 1 unspecified atom stereocenters. The first-order chi connectivity index (χ1) is 9.03. The predicted octanol–water partition coefficient (Wildman–Crippen LogP) is 1.73. The number of nitrogens with one attached hydrogen (secondary N) is 2. The number of aliphatic carboxylic acids is 1. The van der Waals surface area contributed by atoms with Gasteiger partial charge in [0.15, 0.2) is 0 Å². The number of hydrogen-bond donors (Lipinski definition) is 3. The van der Waals surface area contributed by atoms with Crippen molar-refractivity contribution < 1.29 is 14.7 Å². The zero-order valence-corrected chi connectivity index (χ0v) is 11.4. The fourth-order valence-corrected chi connectivity index (χ4v) is 2.58. The molecule has 3 N–H and O–H groups in total. The van der Waals surface area contributed by atoms with E-state index in [1.807, 2.05) is 0 Å². The molecule has 5 nitrogen and oxygen atoms in total. The molecule has 1 saturated carbocycles. The summed E-state index contributed by atoms with van der Waals surface area (Å²) >= 11 is 0. The third-order valence-electron chi connectivity index (χ3n) is 3.96. The van der Waals surface area contributed by atoms with Gasteiger partial charge in [-0.3, -0.25) is 0 Å². The minimum atomic E-state index is -1.11. The highest BCUT2D eigenvalue weighted by atomic mass is 16.4. The van der Waals surface area contributed by atoms with Gasteiger partial charge in [-0.05, 0) is 24.7 Å². The third kappa shape index (κ3) is 4.47. The smallest absolute Gasteiger partial charge is 0.327 e. The number of rotatable bonds is 6. The van der Waals surface area contributed by atoms with Crippen molar-refractivity contribution in [2.75, 3.05) is 6.54 Å². The SMILES string of the molecule is C#CCC(NC(=O)NCC1(CC)CCCC1)C(=O)O. The molecule has 1 rings (SSSR count). The van der Waals surface area contributed by atoms with E-state index in [-0.39, 0.29) is 11.8 Å². The van der Waals surface area contributed by atoms with Crippen LogP contribution in [0.25, 0.3) is 0 Å². The fourth-order valence-electron chi connectivity index (χ4n) is 2.58. The van der Waals surface area contributed by atoms with Crippen molar-refractivity contribution in [1.82, 2.24) is 10.6 Å². The third-order valence-corrected chi connectivity index (χ3v) is 3.96.